The van der Waals surface area contributed by atoms with Gasteiger partial charge in [-0.15, -0.1) is 11.3 Å². The third-order valence-corrected chi connectivity index (χ3v) is 4.50. The molecule has 0 spiro atoms. The molecule has 3 N–H and O–H groups in total. The number of ether oxygens (including phenoxy) is 1. The number of morpholine rings is 1. The van der Waals surface area contributed by atoms with Gasteiger partial charge in [0.25, 0.3) is 5.91 Å². The predicted octanol–water partition coefficient (Wildman–Crippen LogP) is -0.201. The molecule has 1 aliphatic heterocycles. The summed E-state index contributed by atoms with van der Waals surface area (Å²) in [5.74, 6) is -0.541. The number of rotatable bonds is 6. The molecule has 0 saturated carbocycles. The van der Waals surface area contributed by atoms with Crippen molar-refractivity contribution in [2.45, 2.75) is 12.6 Å². The standard InChI is InChI=1S/C14H19N5O3S/c15-13(21)12-9-23-14(17-12)10-5-16-19(6-10)8-11(20)7-18-1-3-22-4-2-18/h5-6,9,11,20H,1-4,7-8H2,(H2,15,21). The van der Waals surface area contributed by atoms with Gasteiger partial charge in [-0.1, -0.05) is 0 Å². The van der Waals surface area contributed by atoms with Gasteiger partial charge in [-0.25, -0.2) is 4.98 Å². The van der Waals surface area contributed by atoms with E-state index < -0.39 is 12.0 Å². The van der Waals surface area contributed by atoms with Crippen LogP contribution in [0.3, 0.4) is 0 Å². The second kappa shape index (κ2) is 7.18. The summed E-state index contributed by atoms with van der Waals surface area (Å²) in [7, 11) is 0. The van der Waals surface area contributed by atoms with E-state index in [0.29, 0.717) is 31.3 Å². The number of nitrogens with zero attached hydrogens (tertiary/aromatic N) is 4. The van der Waals surface area contributed by atoms with E-state index in [9.17, 15) is 9.90 Å². The lowest BCUT2D eigenvalue weighted by molar-refractivity contribution is 0.0108. The molecule has 0 aliphatic carbocycles. The number of β-amino-alcohol motifs (C(OH)–C–C–N with tert-alkyl or cyclic N) is 1. The van der Waals surface area contributed by atoms with E-state index in [1.54, 1.807) is 16.3 Å². The van der Waals surface area contributed by atoms with Crippen molar-refractivity contribution in [2.24, 2.45) is 5.73 Å². The predicted molar refractivity (Wildman–Crippen MR) is 85.1 cm³/mol. The molecule has 1 unspecified atom stereocenters. The molecule has 1 amide bonds. The number of hydrogen-bond acceptors (Lipinski definition) is 7. The van der Waals surface area contributed by atoms with Gasteiger partial charge < -0.3 is 15.6 Å². The van der Waals surface area contributed by atoms with Crippen LogP contribution in [0, 0.1) is 0 Å². The van der Waals surface area contributed by atoms with Crippen molar-refractivity contribution in [1.82, 2.24) is 19.7 Å². The van der Waals surface area contributed by atoms with Crippen LogP contribution in [0.4, 0.5) is 0 Å². The molecular weight excluding hydrogens is 318 g/mol. The molecule has 2 aromatic rings. The van der Waals surface area contributed by atoms with Crippen LogP contribution in [0.2, 0.25) is 0 Å². The van der Waals surface area contributed by atoms with Gasteiger partial charge in [0.05, 0.1) is 32.1 Å². The highest BCUT2D eigenvalue weighted by atomic mass is 32.1. The van der Waals surface area contributed by atoms with Crippen molar-refractivity contribution in [1.29, 1.82) is 0 Å². The van der Waals surface area contributed by atoms with Crippen molar-refractivity contribution in [3.63, 3.8) is 0 Å². The maximum absolute atomic E-state index is 11.1. The van der Waals surface area contributed by atoms with Crippen LogP contribution >= 0.6 is 11.3 Å². The number of aromatic nitrogens is 3. The zero-order valence-corrected chi connectivity index (χ0v) is 13.4. The topological polar surface area (TPSA) is 106 Å². The van der Waals surface area contributed by atoms with Gasteiger partial charge in [0, 0.05) is 36.8 Å². The fourth-order valence-corrected chi connectivity index (χ4v) is 3.23. The minimum Gasteiger partial charge on any atom is -0.390 e. The number of carbonyl (C=O) groups excluding carboxylic acids is 1. The summed E-state index contributed by atoms with van der Waals surface area (Å²) in [6, 6.07) is 0. The molecule has 124 valence electrons. The number of aliphatic hydroxyl groups is 1. The zero-order chi connectivity index (χ0) is 16.2. The molecule has 3 heterocycles. The molecule has 0 radical (unpaired) electrons. The summed E-state index contributed by atoms with van der Waals surface area (Å²) in [4.78, 5) is 17.4. The Bertz CT molecular complexity index is 665. The highest BCUT2D eigenvalue weighted by Gasteiger charge is 2.16. The van der Waals surface area contributed by atoms with E-state index >= 15 is 0 Å². The molecule has 23 heavy (non-hydrogen) atoms. The smallest absolute Gasteiger partial charge is 0.268 e. The average molecular weight is 337 g/mol. The van der Waals surface area contributed by atoms with Crippen LogP contribution in [-0.4, -0.2) is 69.6 Å². The summed E-state index contributed by atoms with van der Waals surface area (Å²) >= 11 is 1.34. The summed E-state index contributed by atoms with van der Waals surface area (Å²) in [5, 5.41) is 16.8. The first-order valence-electron chi connectivity index (χ1n) is 7.38. The van der Waals surface area contributed by atoms with Gasteiger partial charge in [-0.3, -0.25) is 14.4 Å². The Labute approximate surface area is 137 Å². The van der Waals surface area contributed by atoms with Gasteiger partial charge in [-0.05, 0) is 0 Å². The Morgan fingerprint density at radius 2 is 2.22 bits per heavy atom. The maximum Gasteiger partial charge on any atom is 0.268 e. The monoisotopic (exact) mass is 337 g/mol. The molecule has 1 fully saturated rings. The van der Waals surface area contributed by atoms with Crippen molar-refractivity contribution in [3.8, 4) is 10.6 Å². The fraction of sp³-hybridized carbons (Fsp3) is 0.500. The Hall–Kier alpha value is -1.81. The first-order valence-corrected chi connectivity index (χ1v) is 8.26. The van der Waals surface area contributed by atoms with Gasteiger partial charge in [0.1, 0.15) is 10.7 Å². The summed E-state index contributed by atoms with van der Waals surface area (Å²) in [6.45, 7) is 4.12. The molecule has 1 aliphatic rings. The number of primary amides is 1. The number of thiazole rings is 1. The maximum atomic E-state index is 11.1. The average Bonchev–Trinajstić information content (AvgIpc) is 3.16. The summed E-state index contributed by atoms with van der Waals surface area (Å²) < 4.78 is 6.98. The minimum atomic E-state index is -0.541. The third kappa shape index (κ3) is 4.14. The van der Waals surface area contributed by atoms with E-state index in [-0.39, 0.29) is 5.69 Å². The van der Waals surface area contributed by atoms with Crippen molar-refractivity contribution in [2.75, 3.05) is 32.8 Å². The highest BCUT2D eigenvalue weighted by molar-refractivity contribution is 7.13. The van der Waals surface area contributed by atoms with E-state index in [1.165, 1.54) is 11.3 Å². The fourth-order valence-electron chi connectivity index (χ4n) is 2.45. The first kappa shape index (κ1) is 16.1. The van der Waals surface area contributed by atoms with E-state index in [1.807, 2.05) is 6.20 Å². The van der Waals surface area contributed by atoms with Gasteiger partial charge >= 0.3 is 0 Å². The second-order valence-corrected chi connectivity index (χ2v) is 6.28. The molecule has 9 heteroatoms. The normalized spacial score (nSPS) is 17.3. The molecular formula is C14H19N5O3S. The number of nitrogens with two attached hydrogens (primary N) is 1. The van der Waals surface area contributed by atoms with Crippen LogP contribution in [0.25, 0.3) is 10.6 Å². The quantitative estimate of drug-likeness (QED) is 0.756. The lowest BCUT2D eigenvalue weighted by Crippen LogP contribution is -2.42. The SMILES string of the molecule is NC(=O)c1csc(-c2cnn(CC(O)CN3CCOCC3)c2)n1. The first-order chi connectivity index (χ1) is 11.1. The Morgan fingerprint density at radius 1 is 1.43 bits per heavy atom. The molecule has 3 rings (SSSR count). The molecule has 2 aromatic heterocycles. The number of hydrogen-bond donors (Lipinski definition) is 2. The molecule has 1 saturated heterocycles. The van der Waals surface area contributed by atoms with E-state index in [0.717, 1.165) is 18.7 Å². The third-order valence-electron chi connectivity index (χ3n) is 3.61. The van der Waals surface area contributed by atoms with Crippen molar-refractivity contribution >= 4 is 17.2 Å². The summed E-state index contributed by atoms with van der Waals surface area (Å²) in [6.07, 6.45) is 2.98. The molecule has 8 nitrogen and oxygen atoms in total. The largest absolute Gasteiger partial charge is 0.390 e. The zero-order valence-electron chi connectivity index (χ0n) is 12.6. The molecule has 1 atom stereocenters. The van der Waals surface area contributed by atoms with E-state index in [2.05, 4.69) is 15.0 Å². The number of carbonyl (C=O) groups is 1. The lowest BCUT2D eigenvalue weighted by Gasteiger charge is -2.28. The Balaban J connectivity index is 1.58. The van der Waals surface area contributed by atoms with Crippen LogP contribution in [0.1, 0.15) is 10.5 Å². The van der Waals surface area contributed by atoms with E-state index in [4.69, 9.17) is 10.5 Å². The van der Waals surface area contributed by atoms with Crippen LogP contribution in [0.5, 0.6) is 0 Å². The van der Waals surface area contributed by atoms with Gasteiger partial charge in [0.2, 0.25) is 0 Å². The molecule has 0 bridgehead atoms. The lowest BCUT2D eigenvalue weighted by atomic mass is 10.3. The van der Waals surface area contributed by atoms with Crippen LogP contribution in [-0.2, 0) is 11.3 Å². The van der Waals surface area contributed by atoms with Crippen molar-refractivity contribution < 1.29 is 14.6 Å². The minimum absolute atomic E-state index is 0.255. The van der Waals surface area contributed by atoms with Crippen LogP contribution in [0.15, 0.2) is 17.8 Å². The highest BCUT2D eigenvalue weighted by Crippen LogP contribution is 2.23. The van der Waals surface area contributed by atoms with Gasteiger partial charge in [-0.2, -0.15) is 5.10 Å². The number of amides is 1. The van der Waals surface area contributed by atoms with Crippen LogP contribution < -0.4 is 5.73 Å². The number of aliphatic hydroxyl groups excluding tert-OH is 1. The second-order valence-electron chi connectivity index (χ2n) is 5.42. The summed E-state index contributed by atoms with van der Waals surface area (Å²) in [5.41, 5.74) is 6.26. The van der Waals surface area contributed by atoms with Gasteiger partial charge in [0.15, 0.2) is 0 Å². The Morgan fingerprint density at radius 3 is 2.91 bits per heavy atom. The molecule has 0 aromatic carbocycles. The Kier molecular flexibility index (Phi) is 5.01. The van der Waals surface area contributed by atoms with Crippen molar-refractivity contribution in [3.05, 3.63) is 23.5 Å².